The Morgan fingerprint density at radius 3 is 2.84 bits per heavy atom. The molecule has 0 saturated carbocycles. The third kappa shape index (κ3) is 6.20. The number of carbonyl (C=O) groups is 3. The highest BCUT2D eigenvalue weighted by molar-refractivity contribution is 5.97. The number of methoxy groups -OCH3 is 2. The Kier molecular flexibility index (Phi) is 8.03. The van der Waals surface area contributed by atoms with E-state index in [0.29, 0.717) is 36.6 Å². The number of ether oxygens (including phenoxy) is 3. The first-order valence-corrected chi connectivity index (χ1v) is 10.1. The Hall–Kier alpha value is -3.60. The Morgan fingerprint density at radius 1 is 1.22 bits per heavy atom. The highest BCUT2D eigenvalue weighted by Crippen LogP contribution is 2.25. The van der Waals surface area contributed by atoms with E-state index >= 15 is 0 Å². The van der Waals surface area contributed by atoms with Crippen molar-refractivity contribution in [2.75, 3.05) is 47.0 Å². The molecule has 0 fully saturated rings. The zero-order valence-corrected chi connectivity index (χ0v) is 18.0. The summed E-state index contributed by atoms with van der Waals surface area (Å²) in [6.45, 7) is 1.64. The molecular weight excluding hydrogens is 420 g/mol. The maximum Gasteiger partial charge on any atom is 0.360 e. The van der Waals surface area contributed by atoms with Crippen LogP contribution in [-0.2, 0) is 16.1 Å². The van der Waals surface area contributed by atoms with Crippen molar-refractivity contribution < 1.29 is 33.0 Å². The normalized spacial score (nSPS) is 16.1. The number of hydrogen-bond acceptors (Lipinski definition) is 9. The number of carbonyl (C=O) groups excluding carboxylic acids is 3. The first kappa shape index (κ1) is 23.1. The molecule has 2 aromatic rings. The molecule has 2 amide bonds. The molecule has 32 heavy (non-hydrogen) atoms. The fourth-order valence-corrected chi connectivity index (χ4v) is 3.13. The van der Waals surface area contributed by atoms with Crippen molar-refractivity contribution in [3.05, 3.63) is 41.6 Å². The minimum atomic E-state index is -0.598. The standard InChI is InChI=1S/C21H26N4O7/c1-29-14-4-5-15-17(10-14)31-9-7-22-18(26)11-25(8-3-6-23-20(15)27)12-19-24-16(13-32-19)21(28)30-2/h4-5,10,13H,3,6-9,11-12H2,1-2H3,(H,22,26)(H,23,27). The summed E-state index contributed by atoms with van der Waals surface area (Å²) in [5.41, 5.74) is 0.454. The van der Waals surface area contributed by atoms with Crippen LogP contribution < -0.4 is 20.1 Å². The lowest BCUT2D eigenvalue weighted by atomic mass is 10.1. The van der Waals surface area contributed by atoms with E-state index in [2.05, 4.69) is 20.4 Å². The lowest BCUT2D eigenvalue weighted by Crippen LogP contribution is -2.40. The third-order valence-electron chi connectivity index (χ3n) is 4.72. The molecule has 172 valence electrons. The SMILES string of the molecule is COC(=O)c1coc(CN2CCCNC(=O)c3ccc(OC)cc3OCCNC(=O)C2)n1. The van der Waals surface area contributed by atoms with Gasteiger partial charge in [-0.3, -0.25) is 14.5 Å². The number of nitrogens with zero attached hydrogens (tertiary/aromatic N) is 2. The van der Waals surface area contributed by atoms with Crippen LogP contribution in [-0.4, -0.2) is 74.7 Å². The molecule has 0 saturated heterocycles. The summed E-state index contributed by atoms with van der Waals surface area (Å²) >= 11 is 0. The largest absolute Gasteiger partial charge is 0.497 e. The Morgan fingerprint density at radius 2 is 2.06 bits per heavy atom. The topological polar surface area (TPSA) is 132 Å². The number of aromatic nitrogens is 1. The van der Waals surface area contributed by atoms with Crippen LogP contribution in [0.4, 0.5) is 0 Å². The van der Waals surface area contributed by atoms with Gasteiger partial charge in [0.15, 0.2) is 5.69 Å². The van der Waals surface area contributed by atoms with Crippen molar-refractivity contribution in [1.29, 1.82) is 0 Å². The Bertz CT molecular complexity index is 959. The summed E-state index contributed by atoms with van der Waals surface area (Å²) in [5, 5.41) is 5.66. The van der Waals surface area contributed by atoms with Gasteiger partial charge in [0.05, 0.1) is 39.4 Å². The molecular formula is C21H26N4O7. The molecule has 0 spiro atoms. The van der Waals surface area contributed by atoms with Gasteiger partial charge in [-0.1, -0.05) is 0 Å². The van der Waals surface area contributed by atoms with Gasteiger partial charge in [0, 0.05) is 19.2 Å². The minimum Gasteiger partial charge on any atom is -0.497 e. The molecule has 2 N–H and O–H groups in total. The molecule has 0 radical (unpaired) electrons. The van der Waals surface area contributed by atoms with Gasteiger partial charge in [0.1, 0.15) is 24.4 Å². The van der Waals surface area contributed by atoms with Gasteiger partial charge < -0.3 is 29.3 Å². The fourth-order valence-electron chi connectivity index (χ4n) is 3.13. The Labute approximate surface area is 185 Å². The number of benzene rings is 1. The van der Waals surface area contributed by atoms with Gasteiger partial charge in [-0.25, -0.2) is 9.78 Å². The zero-order chi connectivity index (χ0) is 22.9. The van der Waals surface area contributed by atoms with Crippen LogP contribution in [0.3, 0.4) is 0 Å². The summed E-state index contributed by atoms with van der Waals surface area (Å²) < 4.78 is 20.9. The maximum atomic E-state index is 12.6. The number of fused-ring (bicyclic) bond motifs is 1. The maximum absolute atomic E-state index is 12.6. The number of oxazole rings is 1. The smallest absolute Gasteiger partial charge is 0.360 e. The van der Waals surface area contributed by atoms with Crippen LogP contribution in [0.25, 0.3) is 0 Å². The van der Waals surface area contributed by atoms with Crippen LogP contribution in [0, 0.1) is 0 Å². The van der Waals surface area contributed by atoms with E-state index in [0.717, 1.165) is 0 Å². The van der Waals surface area contributed by atoms with Crippen LogP contribution in [0.1, 0.15) is 33.2 Å². The number of nitrogens with one attached hydrogen (secondary N) is 2. The van der Waals surface area contributed by atoms with Crippen molar-refractivity contribution in [3.8, 4) is 11.5 Å². The molecule has 0 bridgehead atoms. The first-order valence-electron chi connectivity index (χ1n) is 10.1. The molecule has 0 unspecified atom stereocenters. The molecule has 1 aliphatic rings. The van der Waals surface area contributed by atoms with E-state index in [1.807, 2.05) is 4.90 Å². The number of hydrogen-bond donors (Lipinski definition) is 2. The molecule has 1 aliphatic heterocycles. The zero-order valence-electron chi connectivity index (χ0n) is 18.0. The van der Waals surface area contributed by atoms with Crippen molar-refractivity contribution in [3.63, 3.8) is 0 Å². The van der Waals surface area contributed by atoms with E-state index in [-0.39, 0.29) is 49.6 Å². The second-order valence-electron chi connectivity index (χ2n) is 7.00. The summed E-state index contributed by atoms with van der Waals surface area (Å²) in [6, 6.07) is 4.97. The number of rotatable bonds is 4. The van der Waals surface area contributed by atoms with Crippen LogP contribution in [0.15, 0.2) is 28.9 Å². The molecule has 0 aliphatic carbocycles. The minimum absolute atomic E-state index is 0.0637. The second kappa shape index (κ2) is 11.1. The highest BCUT2D eigenvalue weighted by atomic mass is 16.5. The van der Waals surface area contributed by atoms with Crippen LogP contribution >= 0.6 is 0 Å². The van der Waals surface area contributed by atoms with E-state index in [1.54, 1.807) is 18.2 Å². The molecule has 2 heterocycles. The van der Waals surface area contributed by atoms with Gasteiger partial charge in [-0.15, -0.1) is 0 Å². The average Bonchev–Trinajstić information content (AvgIpc) is 3.26. The van der Waals surface area contributed by atoms with Gasteiger partial charge in [0.2, 0.25) is 11.8 Å². The van der Waals surface area contributed by atoms with Crippen LogP contribution in [0.5, 0.6) is 11.5 Å². The Balaban J connectivity index is 1.67. The average molecular weight is 446 g/mol. The predicted octanol–water partition coefficient (Wildman–Crippen LogP) is 0.601. The van der Waals surface area contributed by atoms with Crippen LogP contribution in [0.2, 0.25) is 0 Å². The lowest BCUT2D eigenvalue weighted by molar-refractivity contribution is -0.122. The molecule has 11 nitrogen and oxygen atoms in total. The summed E-state index contributed by atoms with van der Waals surface area (Å²) in [4.78, 5) is 42.5. The molecule has 1 aromatic carbocycles. The van der Waals surface area contributed by atoms with Gasteiger partial charge >= 0.3 is 5.97 Å². The first-order chi connectivity index (χ1) is 15.5. The van der Waals surface area contributed by atoms with Gasteiger partial charge in [-0.2, -0.15) is 0 Å². The third-order valence-corrected chi connectivity index (χ3v) is 4.72. The summed E-state index contributed by atoms with van der Waals surface area (Å²) in [7, 11) is 2.79. The second-order valence-corrected chi connectivity index (χ2v) is 7.00. The number of amides is 2. The van der Waals surface area contributed by atoms with Crippen molar-refractivity contribution in [1.82, 2.24) is 20.5 Å². The predicted molar refractivity (Wildman–Crippen MR) is 112 cm³/mol. The van der Waals surface area contributed by atoms with Crippen molar-refractivity contribution in [2.45, 2.75) is 13.0 Å². The van der Waals surface area contributed by atoms with E-state index < -0.39 is 5.97 Å². The van der Waals surface area contributed by atoms with E-state index in [4.69, 9.17) is 13.9 Å². The monoisotopic (exact) mass is 446 g/mol. The highest BCUT2D eigenvalue weighted by Gasteiger charge is 2.19. The van der Waals surface area contributed by atoms with Gasteiger partial charge in [0.25, 0.3) is 5.91 Å². The van der Waals surface area contributed by atoms with Gasteiger partial charge in [-0.05, 0) is 18.6 Å². The fraction of sp³-hybridized carbons (Fsp3) is 0.429. The molecule has 0 atom stereocenters. The molecule has 1 aromatic heterocycles. The van der Waals surface area contributed by atoms with Crippen molar-refractivity contribution in [2.24, 2.45) is 0 Å². The quantitative estimate of drug-likeness (QED) is 0.648. The molecule has 11 heteroatoms. The number of esters is 1. The van der Waals surface area contributed by atoms with Crippen molar-refractivity contribution >= 4 is 17.8 Å². The summed E-state index contributed by atoms with van der Waals surface area (Å²) in [5.74, 6) is 0.194. The van der Waals surface area contributed by atoms with E-state index in [9.17, 15) is 14.4 Å². The summed E-state index contributed by atoms with van der Waals surface area (Å²) in [6.07, 6.45) is 1.80. The van der Waals surface area contributed by atoms with E-state index in [1.165, 1.54) is 20.5 Å². The molecule has 3 rings (SSSR count). The lowest BCUT2D eigenvalue weighted by Gasteiger charge is -2.21.